The summed E-state index contributed by atoms with van der Waals surface area (Å²) in [6, 6.07) is 0. The molecule has 0 saturated carbocycles. The second-order valence-electron chi connectivity index (χ2n) is 7.01. The Bertz CT molecular complexity index is 684. The van der Waals surface area contributed by atoms with Gasteiger partial charge in [0.25, 0.3) is 0 Å². The summed E-state index contributed by atoms with van der Waals surface area (Å²) in [7, 11) is 1.62. The summed E-state index contributed by atoms with van der Waals surface area (Å²) in [4.78, 5) is 23.7. The van der Waals surface area contributed by atoms with E-state index < -0.39 is 0 Å². The molecule has 0 N–H and O–H groups in total. The van der Waals surface area contributed by atoms with Crippen molar-refractivity contribution in [3.63, 3.8) is 0 Å². The SMILES string of the molecule is CCC(=O)O[C@H]1[C@H](OC)C=C2C=C3OC(=O)C(C)=C3C[C@]2(C)[C@H]1C. The minimum atomic E-state index is -0.343. The first kappa shape index (κ1) is 17.0. The lowest BCUT2D eigenvalue weighted by Gasteiger charge is -2.48. The minimum Gasteiger partial charge on any atom is -0.459 e. The number of esters is 2. The quantitative estimate of drug-likeness (QED) is 0.743. The van der Waals surface area contributed by atoms with Crippen LogP contribution in [0, 0.1) is 11.3 Å². The summed E-state index contributed by atoms with van der Waals surface area (Å²) in [5.74, 6) is 0.194. The molecule has 0 saturated heterocycles. The molecule has 130 valence electrons. The Morgan fingerprint density at radius 1 is 1.46 bits per heavy atom. The normalized spacial score (nSPS) is 34.9. The number of hydrogen-bond acceptors (Lipinski definition) is 5. The molecule has 4 atom stereocenters. The second kappa shape index (κ2) is 5.88. The maximum absolute atomic E-state index is 11.9. The van der Waals surface area contributed by atoms with Crippen molar-refractivity contribution in [3.05, 3.63) is 34.6 Å². The number of carbonyl (C=O) groups excluding carboxylic acids is 2. The number of allylic oxidation sites excluding steroid dienone is 3. The molecule has 5 nitrogen and oxygen atoms in total. The number of fused-ring (bicyclic) bond motifs is 2. The lowest BCUT2D eigenvalue weighted by atomic mass is 9.60. The van der Waals surface area contributed by atoms with E-state index in [0.29, 0.717) is 24.2 Å². The molecule has 2 aliphatic carbocycles. The lowest BCUT2D eigenvalue weighted by molar-refractivity contribution is -0.162. The van der Waals surface area contributed by atoms with Gasteiger partial charge < -0.3 is 14.2 Å². The Kier molecular flexibility index (Phi) is 4.16. The van der Waals surface area contributed by atoms with Crippen molar-refractivity contribution in [3.8, 4) is 0 Å². The van der Waals surface area contributed by atoms with Crippen molar-refractivity contribution in [2.45, 2.75) is 52.7 Å². The van der Waals surface area contributed by atoms with Crippen LogP contribution in [0.1, 0.15) is 40.5 Å². The fourth-order valence-electron chi connectivity index (χ4n) is 3.85. The van der Waals surface area contributed by atoms with E-state index in [-0.39, 0.29) is 35.5 Å². The summed E-state index contributed by atoms with van der Waals surface area (Å²) >= 11 is 0. The van der Waals surface area contributed by atoms with Crippen LogP contribution in [0.5, 0.6) is 0 Å². The number of hydrogen-bond donors (Lipinski definition) is 0. The molecular weight excluding hydrogens is 308 g/mol. The van der Waals surface area contributed by atoms with E-state index in [0.717, 1.165) is 11.1 Å². The van der Waals surface area contributed by atoms with Crippen molar-refractivity contribution < 1.29 is 23.8 Å². The topological polar surface area (TPSA) is 61.8 Å². The molecule has 3 aliphatic rings. The Morgan fingerprint density at radius 2 is 2.17 bits per heavy atom. The van der Waals surface area contributed by atoms with Gasteiger partial charge in [0.05, 0.1) is 0 Å². The lowest BCUT2D eigenvalue weighted by Crippen LogP contribution is -2.49. The fraction of sp³-hybridized carbons (Fsp3) is 0.579. The predicted octanol–water partition coefficient (Wildman–Crippen LogP) is 3.07. The summed E-state index contributed by atoms with van der Waals surface area (Å²) in [5, 5.41) is 0. The van der Waals surface area contributed by atoms with E-state index in [9.17, 15) is 9.59 Å². The summed E-state index contributed by atoms with van der Waals surface area (Å²) in [6.45, 7) is 7.82. The van der Waals surface area contributed by atoms with Gasteiger partial charge in [-0.25, -0.2) is 4.79 Å². The highest BCUT2D eigenvalue weighted by Gasteiger charge is 2.50. The maximum atomic E-state index is 11.9. The molecule has 0 amide bonds. The van der Waals surface area contributed by atoms with Gasteiger partial charge in [-0.15, -0.1) is 0 Å². The van der Waals surface area contributed by atoms with E-state index in [4.69, 9.17) is 14.2 Å². The minimum absolute atomic E-state index is 0.0479. The zero-order valence-corrected chi connectivity index (χ0v) is 14.8. The van der Waals surface area contributed by atoms with Crippen LogP contribution in [0.3, 0.4) is 0 Å². The molecule has 0 bridgehead atoms. The molecule has 0 fully saturated rings. The Labute approximate surface area is 142 Å². The first-order valence-corrected chi connectivity index (χ1v) is 8.40. The van der Waals surface area contributed by atoms with E-state index in [2.05, 4.69) is 13.8 Å². The summed E-state index contributed by atoms with van der Waals surface area (Å²) in [5.41, 5.74) is 2.47. The third-order valence-corrected chi connectivity index (χ3v) is 5.74. The second-order valence-corrected chi connectivity index (χ2v) is 7.01. The monoisotopic (exact) mass is 332 g/mol. The molecule has 1 aliphatic heterocycles. The molecule has 0 aromatic carbocycles. The first-order chi connectivity index (χ1) is 11.3. The van der Waals surface area contributed by atoms with Gasteiger partial charge in [0.15, 0.2) is 0 Å². The molecule has 3 rings (SSSR count). The van der Waals surface area contributed by atoms with Gasteiger partial charge in [-0.1, -0.05) is 20.8 Å². The molecule has 24 heavy (non-hydrogen) atoms. The van der Waals surface area contributed by atoms with Crippen molar-refractivity contribution in [1.82, 2.24) is 0 Å². The number of rotatable bonds is 3. The van der Waals surface area contributed by atoms with E-state index in [1.165, 1.54) is 0 Å². The summed E-state index contributed by atoms with van der Waals surface area (Å²) < 4.78 is 16.6. The highest BCUT2D eigenvalue weighted by atomic mass is 16.6. The van der Waals surface area contributed by atoms with Crippen molar-refractivity contribution >= 4 is 11.9 Å². The zero-order valence-electron chi connectivity index (χ0n) is 14.8. The van der Waals surface area contributed by atoms with Crippen LogP contribution in [0.15, 0.2) is 34.6 Å². The average molecular weight is 332 g/mol. The Morgan fingerprint density at radius 3 is 2.79 bits per heavy atom. The molecular formula is C19H24O5. The van der Waals surface area contributed by atoms with Crippen LogP contribution >= 0.6 is 0 Å². The number of methoxy groups -OCH3 is 1. The van der Waals surface area contributed by atoms with Gasteiger partial charge >= 0.3 is 11.9 Å². The Hall–Kier alpha value is -1.88. The van der Waals surface area contributed by atoms with Crippen LogP contribution in [0.25, 0.3) is 0 Å². The first-order valence-electron chi connectivity index (χ1n) is 8.40. The predicted molar refractivity (Wildman–Crippen MR) is 87.8 cm³/mol. The van der Waals surface area contributed by atoms with Crippen molar-refractivity contribution in [2.24, 2.45) is 11.3 Å². The molecule has 0 aromatic rings. The standard InChI is InChI=1S/C19H24O5/c1-6-16(20)24-17-11(3)19(4)9-13-10(2)18(21)23-14(13)7-12(19)8-15(17)22-5/h7-8,11,15,17H,6,9H2,1-5H3/t11-,15+,17+,19+/m0/s1. The molecule has 1 heterocycles. The number of carbonyl (C=O) groups is 2. The van der Waals surface area contributed by atoms with Crippen LogP contribution in [-0.4, -0.2) is 31.3 Å². The van der Waals surface area contributed by atoms with Gasteiger partial charge in [0, 0.05) is 36.0 Å². The average Bonchev–Trinajstić information content (AvgIpc) is 2.83. The smallest absolute Gasteiger partial charge is 0.339 e. The zero-order chi connectivity index (χ0) is 17.6. The third-order valence-electron chi connectivity index (χ3n) is 5.74. The van der Waals surface area contributed by atoms with Gasteiger partial charge in [0.2, 0.25) is 0 Å². The van der Waals surface area contributed by atoms with Crippen LogP contribution < -0.4 is 0 Å². The van der Waals surface area contributed by atoms with E-state index >= 15 is 0 Å². The highest BCUT2D eigenvalue weighted by Crippen LogP contribution is 2.54. The molecule has 0 unspecified atom stereocenters. The number of ether oxygens (including phenoxy) is 3. The maximum Gasteiger partial charge on any atom is 0.339 e. The van der Waals surface area contributed by atoms with Gasteiger partial charge in [-0.05, 0) is 31.1 Å². The molecule has 0 radical (unpaired) electrons. The molecule has 0 spiro atoms. The molecule has 5 heteroatoms. The van der Waals surface area contributed by atoms with Gasteiger partial charge in [-0.2, -0.15) is 0 Å². The van der Waals surface area contributed by atoms with Crippen LogP contribution in [-0.2, 0) is 23.8 Å². The Balaban J connectivity index is 2.04. The highest BCUT2D eigenvalue weighted by molar-refractivity contribution is 5.94. The van der Waals surface area contributed by atoms with E-state index in [1.807, 2.05) is 12.2 Å². The van der Waals surface area contributed by atoms with Gasteiger partial charge in [-0.3, -0.25) is 4.79 Å². The fourth-order valence-corrected chi connectivity index (χ4v) is 3.85. The van der Waals surface area contributed by atoms with E-state index in [1.54, 1.807) is 21.0 Å². The van der Waals surface area contributed by atoms with Crippen LogP contribution in [0.2, 0.25) is 0 Å². The summed E-state index contributed by atoms with van der Waals surface area (Å²) in [6.07, 6.45) is 4.32. The van der Waals surface area contributed by atoms with Crippen molar-refractivity contribution in [2.75, 3.05) is 7.11 Å². The molecule has 0 aromatic heterocycles. The van der Waals surface area contributed by atoms with Crippen molar-refractivity contribution in [1.29, 1.82) is 0 Å². The third kappa shape index (κ3) is 2.42. The van der Waals surface area contributed by atoms with Gasteiger partial charge in [0.1, 0.15) is 18.0 Å². The largest absolute Gasteiger partial charge is 0.459 e. The van der Waals surface area contributed by atoms with Crippen LogP contribution in [0.4, 0.5) is 0 Å².